The van der Waals surface area contributed by atoms with Crippen LogP contribution in [0.2, 0.25) is 0 Å². The molecule has 128 valence electrons. The molecule has 0 saturated carbocycles. The smallest absolute Gasteiger partial charge is 0.232 e. The average Bonchev–Trinajstić information content (AvgIpc) is 2.53. The van der Waals surface area contributed by atoms with E-state index < -0.39 is 15.8 Å². The molecule has 1 amide bonds. The van der Waals surface area contributed by atoms with Crippen molar-refractivity contribution in [3.05, 3.63) is 60.2 Å². The topological polar surface area (TPSA) is 79.4 Å². The molecule has 2 aromatic rings. The van der Waals surface area contributed by atoms with Crippen LogP contribution >= 0.6 is 0 Å². The van der Waals surface area contributed by atoms with Gasteiger partial charge in [-0.25, -0.2) is 12.8 Å². The van der Waals surface area contributed by atoms with Crippen LogP contribution in [0.1, 0.15) is 12.0 Å². The summed E-state index contributed by atoms with van der Waals surface area (Å²) in [4.78, 5) is 15.9. The number of carbonyl (C=O) groups excluding carboxylic acids is 1. The average molecular weight is 351 g/mol. The fourth-order valence-electron chi connectivity index (χ4n) is 2.11. The molecule has 0 fully saturated rings. The van der Waals surface area contributed by atoms with Crippen molar-refractivity contribution in [2.24, 2.45) is 0 Å². The van der Waals surface area contributed by atoms with Gasteiger partial charge in [0.15, 0.2) is 0 Å². The van der Waals surface area contributed by atoms with Crippen molar-refractivity contribution in [2.45, 2.75) is 13.0 Å². The quantitative estimate of drug-likeness (QED) is 0.823. The van der Waals surface area contributed by atoms with Crippen LogP contribution in [0.5, 0.6) is 0 Å². The number of carbonyl (C=O) groups is 1. The highest BCUT2D eigenvalue weighted by atomic mass is 32.2. The number of halogens is 1. The first-order chi connectivity index (χ1) is 11.4. The van der Waals surface area contributed by atoms with Crippen molar-refractivity contribution in [3.63, 3.8) is 0 Å². The normalized spacial score (nSPS) is 11.1. The summed E-state index contributed by atoms with van der Waals surface area (Å²) in [7, 11) is -3.62. The molecular weight excluding hydrogens is 333 g/mol. The van der Waals surface area contributed by atoms with Gasteiger partial charge in [-0.05, 0) is 29.8 Å². The molecule has 0 atom stereocenters. The summed E-state index contributed by atoms with van der Waals surface area (Å²) in [5.41, 5.74) is 1.04. The number of rotatable bonds is 7. The number of aromatic nitrogens is 1. The Kier molecular flexibility index (Phi) is 5.86. The van der Waals surface area contributed by atoms with E-state index in [4.69, 9.17) is 0 Å². The molecule has 0 bridgehead atoms. The van der Waals surface area contributed by atoms with Crippen molar-refractivity contribution >= 4 is 21.6 Å². The Hall–Kier alpha value is -2.48. The van der Waals surface area contributed by atoms with Gasteiger partial charge in [0.05, 0.1) is 11.9 Å². The van der Waals surface area contributed by atoms with Crippen LogP contribution in [0, 0.1) is 5.82 Å². The second kappa shape index (κ2) is 7.87. The van der Waals surface area contributed by atoms with Gasteiger partial charge in [0, 0.05) is 31.9 Å². The zero-order chi connectivity index (χ0) is 17.6. The van der Waals surface area contributed by atoms with Gasteiger partial charge in [0.1, 0.15) is 5.82 Å². The summed E-state index contributed by atoms with van der Waals surface area (Å²) in [6.07, 6.45) is 4.25. The molecule has 1 aromatic carbocycles. The Balaban J connectivity index is 1.97. The summed E-state index contributed by atoms with van der Waals surface area (Å²) in [6.45, 7) is 0.243. The molecule has 0 spiro atoms. The van der Waals surface area contributed by atoms with Crippen LogP contribution in [0.15, 0.2) is 48.8 Å². The van der Waals surface area contributed by atoms with Crippen LogP contribution in [0.25, 0.3) is 0 Å². The molecule has 8 heteroatoms. The van der Waals surface area contributed by atoms with Crippen molar-refractivity contribution in [1.29, 1.82) is 0 Å². The molecule has 0 saturated heterocycles. The monoisotopic (exact) mass is 351 g/mol. The van der Waals surface area contributed by atoms with Crippen molar-refractivity contribution in [1.82, 2.24) is 10.3 Å². The summed E-state index contributed by atoms with van der Waals surface area (Å²) in [5, 5.41) is 2.69. The van der Waals surface area contributed by atoms with Crippen LogP contribution in [-0.2, 0) is 21.4 Å². The minimum atomic E-state index is -3.62. The number of anilines is 1. The number of benzene rings is 1. The lowest BCUT2D eigenvalue weighted by molar-refractivity contribution is -0.121. The van der Waals surface area contributed by atoms with Gasteiger partial charge in [-0.15, -0.1) is 0 Å². The molecule has 24 heavy (non-hydrogen) atoms. The summed E-state index contributed by atoms with van der Waals surface area (Å²) in [5.74, 6) is -0.842. The fourth-order valence-corrected chi connectivity index (χ4v) is 3.03. The maximum atomic E-state index is 13.3. The minimum Gasteiger partial charge on any atom is -0.352 e. The summed E-state index contributed by atoms with van der Waals surface area (Å²) >= 11 is 0. The van der Waals surface area contributed by atoms with Crippen LogP contribution in [0.3, 0.4) is 0 Å². The highest BCUT2D eigenvalue weighted by molar-refractivity contribution is 7.92. The first-order valence-corrected chi connectivity index (χ1v) is 9.10. The molecule has 1 aromatic heterocycles. The molecule has 1 N–H and O–H groups in total. The van der Waals surface area contributed by atoms with E-state index in [0.717, 1.165) is 22.2 Å². The number of pyridine rings is 1. The number of hydrogen-bond donors (Lipinski definition) is 1. The zero-order valence-corrected chi connectivity index (χ0v) is 14.0. The molecule has 0 aliphatic rings. The third-order valence-corrected chi connectivity index (χ3v) is 4.45. The third kappa shape index (κ3) is 5.31. The molecule has 0 radical (unpaired) electrons. The van der Waals surface area contributed by atoms with E-state index in [1.165, 1.54) is 18.2 Å². The second-order valence-corrected chi connectivity index (χ2v) is 7.11. The maximum absolute atomic E-state index is 13.3. The van der Waals surface area contributed by atoms with Crippen molar-refractivity contribution < 1.29 is 17.6 Å². The van der Waals surface area contributed by atoms with E-state index in [1.807, 2.05) is 6.07 Å². The van der Waals surface area contributed by atoms with E-state index in [-0.39, 0.29) is 24.6 Å². The Morgan fingerprint density at radius 2 is 2.08 bits per heavy atom. The SMILES string of the molecule is CS(=O)(=O)N(CCC(=O)NCc1cccnc1)c1cccc(F)c1. The molecule has 0 unspecified atom stereocenters. The molecular formula is C16H18FN3O3S. The van der Waals surface area contributed by atoms with E-state index in [0.29, 0.717) is 6.54 Å². The fraction of sp³-hybridized carbons (Fsp3) is 0.250. The second-order valence-electron chi connectivity index (χ2n) is 5.20. The zero-order valence-electron chi connectivity index (χ0n) is 13.1. The Bertz CT molecular complexity index is 797. The number of nitrogens with one attached hydrogen (secondary N) is 1. The van der Waals surface area contributed by atoms with Crippen LogP contribution in [0.4, 0.5) is 10.1 Å². The Morgan fingerprint density at radius 1 is 1.29 bits per heavy atom. The van der Waals surface area contributed by atoms with Crippen LogP contribution in [-0.4, -0.2) is 32.1 Å². The highest BCUT2D eigenvalue weighted by Gasteiger charge is 2.19. The van der Waals surface area contributed by atoms with Gasteiger partial charge >= 0.3 is 0 Å². The predicted molar refractivity (Wildman–Crippen MR) is 89.3 cm³/mol. The van der Waals surface area contributed by atoms with E-state index in [2.05, 4.69) is 10.3 Å². The van der Waals surface area contributed by atoms with Gasteiger partial charge in [0.2, 0.25) is 15.9 Å². The van der Waals surface area contributed by atoms with Crippen molar-refractivity contribution in [3.8, 4) is 0 Å². The predicted octanol–water partition coefficient (Wildman–Crippen LogP) is 1.69. The highest BCUT2D eigenvalue weighted by Crippen LogP contribution is 2.18. The maximum Gasteiger partial charge on any atom is 0.232 e. The first-order valence-electron chi connectivity index (χ1n) is 7.25. The molecule has 1 heterocycles. The number of sulfonamides is 1. The Labute approximate surface area is 140 Å². The van der Waals surface area contributed by atoms with Crippen LogP contribution < -0.4 is 9.62 Å². The van der Waals surface area contributed by atoms with Crippen molar-refractivity contribution in [2.75, 3.05) is 17.1 Å². The minimum absolute atomic E-state index is 0.0379. The standard InChI is InChI=1S/C16H18FN3O3S/c1-24(22,23)20(15-6-2-5-14(17)10-15)9-7-16(21)19-12-13-4-3-8-18-11-13/h2-6,8,10-11H,7,9,12H2,1H3,(H,19,21). The molecule has 0 aliphatic heterocycles. The number of nitrogens with zero attached hydrogens (tertiary/aromatic N) is 2. The molecule has 0 aliphatic carbocycles. The molecule has 6 nitrogen and oxygen atoms in total. The number of hydrogen-bond acceptors (Lipinski definition) is 4. The Morgan fingerprint density at radius 3 is 2.71 bits per heavy atom. The lowest BCUT2D eigenvalue weighted by Gasteiger charge is -2.22. The molecule has 2 rings (SSSR count). The lowest BCUT2D eigenvalue weighted by atomic mass is 10.2. The van der Waals surface area contributed by atoms with Gasteiger partial charge in [0.25, 0.3) is 0 Å². The van der Waals surface area contributed by atoms with Gasteiger partial charge in [-0.1, -0.05) is 12.1 Å². The van der Waals surface area contributed by atoms with Gasteiger partial charge in [-0.2, -0.15) is 0 Å². The summed E-state index contributed by atoms with van der Waals surface area (Å²) in [6, 6.07) is 8.84. The van der Waals surface area contributed by atoms with E-state index in [9.17, 15) is 17.6 Å². The van der Waals surface area contributed by atoms with E-state index in [1.54, 1.807) is 18.5 Å². The van der Waals surface area contributed by atoms with E-state index >= 15 is 0 Å². The number of amides is 1. The van der Waals surface area contributed by atoms with Gasteiger partial charge < -0.3 is 5.32 Å². The van der Waals surface area contributed by atoms with Gasteiger partial charge in [-0.3, -0.25) is 14.1 Å². The first kappa shape index (κ1) is 17.9. The third-order valence-electron chi connectivity index (χ3n) is 3.25. The lowest BCUT2D eigenvalue weighted by Crippen LogP contribution is -2.34. The largest absolute Gasteiger partial charge is 0.352 e. The summed E-state index contributed by atoms with van der Waals surface area (Å²) < 4.78 is 38.1.